The van der Waals surface area contributed by atoms with Gasteiger partial charge in [0.1, 0.15) is 122 Å². The summed E-state index contributed by atoms with van der Waals surface area (Å²) in [5.74, 6) is -14.9. The van der Waals surface area contributed by atoms with Crippen molar-refractivity contribution in [2.45, 2.75) is 205 Å². The van der Waals surface area contributed by atoms with Crippen LogP contribution < -0.4 is 26.2 Å². The number of amides is 3. The van der Waals surface area contributed by atoms with Gasteiger partial charge < -0.3 is 160 Å². The van der Waals surface area contributed by atoms with Crippen molar-refractivity contribution in [1.82, 2.24) is 16.0 Å². The highest BCUT2D eigenvalue weighted by Gasteiger charge is 2.61. The third-order valence-corrected chi connectivity index (χ3v) is 14.3. The van der Waals surface area contributed by atoms with Gasteiger partial charge >= 0.3 is 0 Å². The van der Waals surface area contributed by atoms with E-state index in [2.05, 4.69) is 38.3 Å². The zero-order chi connectivity index (χ0) is 62.0. The molecular formula is C46H72N4O32S-2. The van der Waals surface area contributed by atoms with E-state index in [4.69, 9.17) is 47.4 Å². The first-order chi connectivity index (χ1) is 39.1. The van der Waals surface area contributed by atoms with Gasteiger partial charge in [0.15, 0.2) is 18.9 Å². The predicted molar refractivity (Wildman–Crippen MR) is 259 cm³/mol. The molecule has 5 aliphatic heterocycles. The molecule has 5 rings (SSSR count). The Morgan fingerprint density at radius 3 is 1.63 bits per heavy atom. The zero-order valence-corrected chi connectivity index (χ0v) is 45.3. The Bertz CT molecular complexity index is 2210. The molecule has 0 aromatic rings. The first-order valence-electron chi connectivity index (χ1n) is 25.8. The Hall–Kier alpha value is -3.85. The number of nitrogens with zero attached hydrogens (tertiary/aromatic N) is 1. The minimum atomic E-state index is -3.66. The molecule has 0 saturated carbocycles. The van der Waals surface area contributed by atoms with Crippen molar-refractivity contribution in [1.29, 1.82) is 0 Å². The van der Waals surface area contributed by atoms with Crippen LogP contribution in [-0.2, 0) is 71.3 Å². The summed E-state index contributed by atoms with van der Waals surface area (Å²) in [4.78, 5) is 67.7. The van der Waals surface area contributed by atoms with E-state index in [1.807, 2.05) is 0 Å². The summed E-state index contributed by atoms with van der Waals surface area (Å²) in [6, 6.07) is -5.66. The monoisotopic (exact) mass is 1220 g/mol. The SMILES string of the molecule is CC(=O)NC1[C@H](O[C@H]2C(CO)O[C@@H](O[C@@H]3C(CO)O[C@@H](OCCCN=C=S)C(O)[C@H]3O)C(O)[C@H]2O[C@]2(C(=O)[O-])C[C@@H](O)[C@@H](NC(C)=O)C([C@H](O)[C@@H](CO)O[C@]3(C(=O)[O-])C[C@@H](O)[C@@H](NC(C)=O)C([C@H](O)[C@H](O)CO)O3)O2)OC(CO)[C@H](O)[C@@H]1O. The molecule has 8 unspecified atom stereocenters. The third-order valence-electron chi connectivity index (χ3n) is 14.2. The van der Waals surface area contributed by atoms with Gasteiger partial charge in [0.05, 0.1) is 75.6 Å². The van der Waals surface area contributed by atoms with Crippen molar-refractivity contribution in [2.24, 2.45) is 4.99 Å². The number of carboxylic acids is 2. The molecule has 476 valence electrons. The molecule has 5 fully saturated rings. The molecule has 5 heterocycles. The summed E-state index contributed by atoms with van der Waals surface area (Å²) in [7, 11) is 0. The predicted octanol–water partition coefficient (Wildman–Crippen LogP) is -14.2. The maximum Gasteiger partial charge on any atom is 0.217 e. The zero-order valence-electron chi connectivity index (χ0n) is 44.5. The van der Waals surface area contributed by atoms with Crippen molar-refractivity contribution >= 4 is 47.0 Å². The highest BCUT2D eigenvalue weighted by Crippen LogP contribution is 2.41. The fourth-order valence-electron chi connectivity index (χ4n) is 10.1. The van der Waals surface area contributed by atoms with Gasteiger partial charge in [0.2, 0.25) is 29.3 Å². The quantitative estimate of drug-likeness (QED) is 0.0206. The summed E-state index contributed by atoms with van der Waals surface area (Å²) in [6.45, 7) is -3.31. The maximum absolute atomic E-state index is 13.7. The van der Waals surface area contributed by atoms with Crippen LogP contribution in [0, 0.1) is 0 Å². The van der Waals surface area contributed by atoms with Crippen molar-refractivity contribution < 1.29 is 158 Å². The van der Waals surface area contributed by atoms with E-state index in [9.17, 15) is 111 Å². The molecule has 0 aliphatic carbocycles. The summed E-state index contributed by atoms with van der Waals surface area (Å²) in [6.07, 6.45) is -50.5. The Morgan fingerprint density at radius 1 is 0.614 bits per heavy atom. The highest BCUT2D eigenvalue weighted by molar-refractivity contribution is 7.78. The maximum atomic E-state index is 13.7. The number of aliphatic hydroxyl groups excluding tert-OH is 15. The molecular weight excluding hydrogens is 1150 g/mol. The number of hydrogen-bond donors (Lipinski definition) is 18. The molecule has 36 nitrogen and oxygen atoms in total. The van der Waals surface area contributed by atoms with Gasteiger partial charge in [0.25, 0.3) is 0 Å². The molecule has 0 radical (unpaired) electrons. The number of aliphatic imine (C=N–C) groups is 1. The third kappa shape index (κ3) is 16.2. The number of nitrogens with one attached hydrogen (secondary N) is 3. The second kappa shape index (κ2) is 30.7. The lowest BCUT2D eigenvalue weighted by Gasteiger charge is -2.54. The number of hydrogen-bond acceptors (Lipinski definition) is 34. The average molecular weight is 1230 g/mol. The second-order valence-corrected chi connectivity index (χ2v) is 20.3. The van der Waals surface area contributed by atoms with Crippen molar-refractivity contribution in [2.75, 3.05) is 46.2 Å². The number of carbonyl (C=O) groups excluding carboxylic acids is 5. The van der Waals surface area contributed by atoms with E-state index >= 15 is 0 Å². The van der Waals surface area contributed by atoms with Crippen molar-refractivity contribution in [3.8, 4) is 0 Å². The summed E-state index contributed by atoms with van der Waals surface area (Å²) in [5, 5.41) is 200. The fraction of sp³-hybridized carbons (Fsp3) is 0.870. The Kier molecular flexibility index (Phi) is 25.8. The van der Waals surface area contributed by atoms with E-state index in [0.717, 1.165) is 20.8 Å². The number of thiocarbonyl (C=S) groups is 1. The van der Waals surface area contributed by atoms with Crippen LogP contribution in [-0.4, -0.2) is 322 Å². The molecule has 37 heteroatoms. The van der Waals surface area contributed by atoms with E-state index < -0.39 is 240 Å². The molecule has 3 amide bonds. The van der Waals surface area contributed by atoms with Gasteiger partial charge in [-0.25, -0.2) is 4.99 Å². The second-order valence-electron chi connectivity index (χ2n) is 20.1. The average Bonchev–Trinajstić information content (AvgIpc) is 3.57. The highest BCUT2D eigenvalue weighted by atomic mass is 32.1. The van der Waals surface area contributed by atoms with Crippen molar-refractivity contribution in [3.05, 3.63) is 0 Å². The number of aliphatic carboxylic acids is 2. The Labute approximate surface area is 475 Å². The number of carboxylic acid groups (broad SMARTS) is 2. The number of aliphatic hydroxyl groups is 15. The number of ether oxygens (including phenoxy) is 10. The number of isothiocyanates is 1. The van der Waals surface area contributed by atoms with Crippen LogP contribution in [0.5, 0.6) is 0 Å². The topological polar surface area (TPSA) is 576 Å². The lowest BCUT2D eigenvalue weighted by molar-refractivity contribution is -0.422. The lowest BCUT2D eigenvalue weighted by Crippen LogP contribution is -2.74. The molecule has 18 N–H and O–H groups in total. The van der Waals surface area contributed by atoms with E-state index in [1.165, 1.54) is 0 Å². The Morgan fingerprint density at radius 2 is 1.11 bits per heavy atom. The van der Waals surface area contributed by atoms with Crippen LogP contribution in [0.4, 0.5) is 0 Å². The van der Waals surface area contributed by atoms with Crippen LogP contribution in [0.3, 0.4) is 0 Å². The molecule has 0 spiro atoms. The standard InChI is InChI=1S/C46H74N4O32S/c1-15(56)48-25-18(59)7-45(43(69)70,80-37(25)28(62)20(61)9-51)79-22(11-53)30(64)38-26(49-16(2)57)19(60)8-46(81-38,44(71)72)82-39-34(68)42(77-35-23(12-54)75-41(33(67)32(35)66)73-6-4-5-47-14-83)76-24(13-55)36(39)78-40-27(50-17(3)58)31(65)29(63)21(10-52)74-40/h18-42,51-55,59-68H,4-13H2,1-3H3,(H,48,56)(H,49,57)(H,50,58)(H,69,70)(H,71,72)/p-2/t18-,19-,20-,21?,22-,23?,24?,25-,26-,27?,28-,29+,30-,31-,32-,33?,34?,35-,36+,37?,38?,39-,40+,41-,42+,45-,46+/m1/s1. The molecule has 5 saturated heterocycles. The first kappa shape index (κ1) is 69.9. The van der Waals surface area contributed by atoms with Gasteiger partial charge in [-0.3, -0.25) is 14.4 Å². The summed E-state index contributed by atoms with van der Waals surface area (Å²) >= 11 is 4.52. The summed E-state index contributed by atoms with van der Waals surface area (Å²) in [5.41, 5.74) is 0. The van der Waals surface area contributed by atoms with E-state index in [-0.39, 0.29) is 19.6 Å². The normalized spacial score (nSPS) is 40.8. The van der Waals surface area contributed by atoms with Crippen molar-refractivity contribution in [3.63, 3.8) is 0 Å². The lowest BCUT2D eigenvalue weighted by atomic mass is 9.87. The van der Waals surface area contributed by atoms with Gasteiger partial charge in [0, 0.05) is 33.6 Å². The molecule has 0 aromatic heterocycles. The van der Waals surface area contributed by atoms with Gasteiger partial charge in [-0.05, 0) is 18.6 Å². The van der Waals surface area contributed by atoms with E-state index in [0.29, 0.717) is 0 Å². The van der Waals surface area contributed by atoms with Crippen LogP contribution in [0.1, 0.15) is 40.0 Å². The smallest absolute Gasteiger partial charge is 0.217 e. The van der Waals surface area contributed by atoms with Gasteiger partial charge in [-0.1, -0.05) is 0 Å². The largest absolute Gasteiger partial charge is 0.544 e. The first-order valence-corrected chi connectivity index (χ1v) is 26.2. The molecule has 83 heavy (non-hydrogen) atoms. The number of rotatable bonds is 27. The minimum Gasteiger partial charge on any atom is -0.544 e. The van der Waals surface area contributed by atoms with Crippen LogP contribution in [0.25, 0.3) is 0 Å². The fourth-order valence-corrected chi connectivity index (χ4v) is 10.2. The van der Waals surface area contributed by atoms with Crippen LogP contribution in [0.2, 0.25) is 0 Å². The minimum absolute atomic E-state index is 0.137. The summed E-state index contributed by atoms with van der Waals surface area (Å²) < 4.78 is 57.7. The van der Waals surface area contributed by atoms with Gasteiger partial charge in [-0.15, -0.1) is 0 Å². The molecule has 5 aliphatic rings. The van der Waals surface area contributed by atoms with E-state index in [1.54, 1.807) is 0 Å². The molecule has 0 aromatic carbocycles. The van der Waals surface area contributed by atoms with Crippen LogP contribution in [0.15, 0.2) is 4.99 Å². The van der Waals surface area contributed by atoms with Crippen LogP contribution >= 0.6 is 12.2 Å². The van der Waals surface area contributed by atoms with Gasteiger partial charge in [-0.2, -0.15) is 0 Å². The molecule has 0 bridgehead atoms. The molecule has 27 atom stereocenters. The Balaban J connectivity index is 1.60. The number of carbonyl (C=O) groups is 5.